The summed E-state index contributed by atoms with van der Waals surface area (Å²) in [4.78, 5) is 23.5. The lowest BCUT2D eigenvalue weighted by Gasteiger charge is -2.07. The molecule has 2 amide bonds. The van der Waals surface area contributed by atoms with Crippen molar-refractivity contribution in [1.82, 2.24) is 5.32 Å². The number of benzene rings is 2. The molecule has 0 atom stereocenters. The van der Waals surface area contributed by atoms with Crippen LogP contribution >= 0.6 is 0 Å². The fourth-order valence-corrected chi connectivity index (χ4v) is 2.12. The first-order chi connectivity index (χ1) is 11.6. The van der Waals surface area contributed by atoms with Gasteiger partial charge in [0, 0.05) is 12.2 Å². The average Bonchev–Trinajstić information content (AvgIpc) is 2.56. The first-order valence-electron chi connectivity index (χ1n) is 7.38. The minimum atomic E-state index is -0.478. The zero-order valence-corrected chi connectivity index (χ0v) is 12.9. The molecule has 0 bridgehead atoms. The van der Waals surface area contributed by atoms with Crippen molar-refractivity contribution in [2.24, 2.45) is 0 Å². The summed E-state index contributed by atoms with van der Waals surface area (Å²) in [7, 11) is 0. The molecule has 0 heterocycles. The first kappa shape index (κ1) is 17.2. The van der Waals surface area contributed by atoms with E-state index >= 15 is 0 Å². The standard InChI is InChI=1S/C18H16FN3O2/c19-16-7-2-1-5-14(16)8-9-21-17(23)11-18(24)22-15-6-3-4-13(10-15)12-20/h1-7,10H,8-9,11H2,(H,21,23)(H,22,24). The minimum Gasteiger partial charge on any atom is -0.355 e. The molecule has 0 aromatic heterocycles. The van der Waals surface area contributed by atoms with E-state index in [1.54, 1.807) is 36.4 Å². The maximum Gasteiger partial charge on any atom is 0.233 e. The van der Waals surface area contributed by atoms with E-state index in [0.717, 1.165) is 0 Å². The van der Waals surface area contributed by atoms with Gasteiger partial charge in [0.05, 0.1) is 11.6 Å². The van der Waals surface area contributed by atoms with Crippen LogP contribution in [0.3, 0.4) is 0 Å². The second-order valence-electron chi connectivity index (χ2n) is 5.11. The van der Waals surface area contributed by atoms with Crippen molar-refractivity contribution in [3.63, 3.8) is 0 Å². The smallest absolute Gasteiger partial charge is 0.233 e. The third-order valence-corrected chi connectivity index (χ3v) is 3.27. The zero-order valence-electron chi connectivity index (χ0n) is 12.9. The number of nitriles is 1. The highest BCUT2D eigenvalue weighted by Gasteiger charge is 2.10. The summed E-state index contributed by atoms with van der Waals surface area (Å²) >= 11 is 0. The number of carbonyl (C=O) groups excluding carboxylic acids is 2. The molecule has 2 aromatic carbocycles. The monoisotopic (exact) mass is 325 g/mol. The SMILES string of the molecule is N#Cc1cccc(NC(=O)CC(=O)NCCc2ccccc2F)c1. The van der Waals surface area contributed by atoms with Crippen LogP contribution in [-0.4, -0.2) is 18.4 Å². The van der Waals surface area contributed by atoms with Crippen LogP contribution in [0, 0.1) is 17.1 Å². The molecule has 0 fully saturated rings. The van der Waals surface area contributed by atoms with E-state index in [1.807, 2.05) is 6.07 Å². The number of halogens is 1. The fraction of sp³-hybridized carbons (Fsp3) is 0.167. The Kier molecular flexibility index (Phi) is 6.03. The number of nitrogens with one attached hydrogen (secondary N) is 2. The maximum atomic E-state index is 13.4. The summed E-state index contributed by atoms with van der Waals surface area (Å²) in [6.07, 6.45) is 0.0122. The summed E-state index contributed by atoms with van der Waals surface area (Å²) in [5.41, 5.74) is 1.39. The number of nitrogens with zero attached hydrogens (tertiary/aromatic N) is 1. The van der Waals surface area contributed by atoms with E-state index in [0.29, 0.717) is 23.2 Å². The maximum absolute atomic E-state index is 13.4. The van der Waals surface area contributed by atoms with Crippen molar-refractivity contribution in [2.75, 3.05) is 11.9 Å². The van der Waals surface area contributed by atoms with Gasteiger partial charge in [-0.3, -0.25) is 9.59 Å². The van der Waals surface area contributed by atoms with E-state index in [9.17, 15) is 14.0 Å². The summed E-state index contributed by atoms with van der Waals surface area (Å²) in [6.45, 7) is 0.247. The number of hydrogen-bond donors (Lipinski definition) is 2. The number of amides is 2. The third kappa shape index (κ3) is 5.21. The lowest BCUT2D eigenvalue weighted by atomic mass is 10.1. The molecular weight excluding hydrogens is 309 g/mol. The van der Waals surface area contributed by atoms with Crippen LogP contribution in [-0.2, 0) is 16.0 Å². The molecule has 0 aliphatic heterocycles. The van der Waals surface area contributed by atoms with Gasteiger partial charge in [-0.25, -0.2) is 4.39 Å². The molecule has 6 heteroatoms. The topological polar surface area (TPSA) is 82.0 Å². The Hall–Kier alpha value is -3.20. The second-order valence-corrected chi connectivity index (χ2v) is 5.11. The van der Waals surface area contributed by atoms with Crippen molar-refractivity contribution in [3.05, 3.63) is 65.5 Å². The zero-order chi connectivity index (χ0) is 17.4. The van der Waals surface area contributed by atoms with Crippen LogP contribution < -0.4 is 10.6 Å². The van der Waals surface area contributed by atoms with E-state index in [1.165, 1.54) is 12.1 Å². The molecule has 0 unspecified atom stereocenters. The van der Waals surface area contributed by atoms with Gasteiger partial charge in [-0.05, 0) is 36.2 Å². The quantitative estimate of drug-likeness (QED) is 0.800. The van der Waals surface area contributed by atoms with Gasteiger partial charge in [-0.15, -0.1) is 0 Å². The Balaban J connectivity index is 1.76. The molecule has 2 aromatic rings. The molecular formula is C18H16FN3O2. The predicted octanol–water partition coefficient (Wildman–Crippen LogP) is 2.38. The lowest BCUT2D eigenvalue weighted by molar-refractivity contribution is -0.126. The van der Waals surface area contributed by atoms with Crippen LogP contribution in [0.1, 0.15) is 17.5 Å². The van der Waals surface area contributed by atoms with Crippen molar-refractivity contribution in [1.29, 1.82) is 5.26 Å². The largest absolute Gasteiger partial charge is 0.355 e. The highest BCUT2D eigenvalue weighted by atomic mass is 19.1. The first-order valence-corrected chi connectivity index (χ1v) is 7.38. The summed E-state index contributed by atoms with van der Waals surface area (Å²) in [5, 5.41) is 13.9. The van der Waals surface area contributed by atoms with E-state index in [4.69, 9.17) is 5.26 Å². The number of rotatable bonds is 6. The molecule has 0 aliphatic carbocycles. The summed E-state index contributed by atoms with van der Waals surface area (Å²) in [5.74, 6) is -1.24. The molecule has 0 saturated carbocycles. The van der Waals surface area contributed by atoms with E-state index < -0.39 is 11.8 Å². The molecule has 24 heavy (non-hydrogen) atoms. The van der Waals surface area contributed by atoms with Gasteiger partial charge >= 0.3 is 0 Å². The van der Waals surface area contributed by atoms with Crippen LogP contribution in [0.4, 0.5) is 10.1 Å². The highest BCUT2D eigenvalue weighted by molar-refractivity contribution is 6.03. The Labute approximate surface area is 139 Å². The molecule has 5 nitrogen and oxygen atoms in total. The molecule has 122 valence electrons. The van der Waals surface area contributed by atoms with Crippen LogP contribution in [0.2, 0.25) is 0 Å². The van der Waals surface area contributed by atoms with Gasteiger partial charge in [-0.2, -0.15) is 5.26 Å². The van der Waals surface area contributed by atoms with Gasteiger partial charge in [0.1, 0.15) is 12.2 Å². The van der Waals surface area contributed by atoms with Gasteiger partial charge in [0.2, 0.25) is 11.8 Å². The highest BCUT2D eigenvalue weighted by Crippen LogP contribution is 2.10. The summed E-state index contributed by atoms with van der Waals surface area (Å²) in [6, 6.07) is 14.7. The van der Waals surface area contributed by atoms with Gasteiger partial charge in [0.25, 0.3) is 0 Å². The lowest BCUT2D eigenvalue weighted by Crippen LogP contribution is -2.29. The Morgan fingerprint density at radius 3 is 2.62 bits per heavy atom. The normalized spacial score (nSPS) is 9.83. The van der Waals surface area contributed by atoms with Crippen LogP contribution in [0.25, 0.3) is 0 Å². The van der Waals surface area contributed by atoms with Crippen molar-refractivity contribution in [2.45, 2.75) is 12.8 Å². The van der Waals surface area contributed by atoms with Gasteiger partial charge < -0.3 is 10.6 Å². The van der Waals surface area contributed by atoms with Crippen molar-refractivity contribution >= 4 is 17.5 Å². The van der Waals surface area contributed by atoms with Gasteiger partial charge in [-0.1, -0.05) is 24.3 Å². The predicted molar refractivity (Wildman–Crippen MR) is 87.5 cm³/mol. The van der Waals surface area contributed by atoms with E-state index in [-0.39, 0.29) is 18.8 Å². The fourth-order valence-electron chi connectivity index (χ4n) is 2.12. The molecule has 2 rings (SSSR count). The van der Waals surface area contributed by atoms with Gasteiger partial charge in [0.15, 0.2) is 0 Å². The molecule has 0 spiro atoms. The Morgan fingerprint density at radius 1 is 1.08 bits per heavy atom. The van der Waals surface area contributed by atoms with E-state index in [2.05, 4.69) is 10.6 Å². The molecule has 0 radical (unpaired) electrons. The second kappa shape index (κ2) is 8.44. The average molecular weight is 325 g/mol. The minimum absolute atomic E-state index is 0.247. The third-order valence-electron chi connectivity index (χ3n) is 3.27. The summed E-state index contributed by atoms with van der Waals surface area (Å²) < 4.78 is 13.4. The molecule has 0 aliphatic rings. The molecule has 2 N–H and O–H groups in total. The van der Waals surface area contributed by atoms with Crippen molar-refractivity contribution < 1.29 is 14.0 Å². The molecule has 0 saturated heterocycles. The number of anilines is 1. The number of carbonyl (C=O) groups is 2. The number of hydrogen-bond acceptors (Lipinski definition) is 3. The van der Waals surface area contributed by atoms with Crippen molar-refractivity contribution in [3.8, 4) is 6.07 Å². The van der Waals surface area contributed by atoms with Crippen LogP contribution in [0.15, 0.2) is 48.5 Å². The Bertz CT molecular complexity index is 784. The Morgan fingerprint density at radius 2 is 1.88 bits per heavy atom. The van der Waals surface area contributed by atoms with Crippen LogP contribution in [0.5, 0.6) is 0 Å².